The average Bonchev–Trinajstić information content (AvgIpc) is 3.25. The normalized spacial score (nSPS) is 27.9. The molecule has 7 atom stereocenters. The fourth-order valence-electron chi connectivity index (χ4n) is 3.14. The van der Waals surface area contributed by atoms with Gasteiger partial charge in [-0.15, -0.1) is 0 Å². The molecule has 0 spiro atoms. The zero-order valence-corrected chi connectivity index (χ0v) is 20.3. The lowest BCUT2D eigenvalue weighted by Gasteiger charge is -2.21. The SMILES string of the molecule is NCCNP(=O)(O)CP(=O)(O)OP(=O)(O)OCC1OC(n2cnc3c(=O)[nH]c(N)nc32)C(O)C1O. The molecule has 0 aromatic carbocycles. The summed E-state index contributed by atoms with van der Waals surface area (Å²) in [5.41, 5.74) is 9.78. The van der Waals surface area contributed by atoms with Crippen molar-refractivity contribution in [1.82, 2.24) is 24.6 Å². The van der Waals surface area contributed by atoms with Crippen molar-refractivity contribution in [3.8, 4) is 0 Å². The maximum Gasteiger partial charge on any atom is 0.479 e. The molecule has 2 aromatic heterocycles. The van der Waals surface area contributed by atoms with E-state index in [0.29, 0.717) is 0 Å². The van der Waals surface area contributed by atoms with Crippen LogP contribution < -0.4 is 22.1 Å². The monoisotopic (exact) mass is 563 g/mol. The Morgan fingerprint density at radius 1 is 1.23 bits per heavy atom. The van der Waals surface area contributed by atoms with Crippen LogP contribution in [0.1, 0.15) is 6.23 Å². The lowest BCUT2D eigenvalue weighted by molar-refractivity contribution is -0.0501. The van der Waals surface area contributed by atoms with Crippen molar-refractivity contribution in [2.75, 3.05) is 31.3 Å². The molecule has 2 aromatic rings. The van der Waals surface area contributed by atoms with Gasteiger partial charge in [0.15, 0.2) is 17.4 Å². The molecule has 198 valence electrons. The summed E-state index contributed by atoms with van der Waals surface area (Å²) in [7, 11) is -14.9. The van der Waals surface area contributed by atoms with Crippen molar-refractivity contribution >= 4 is 40.1 Å². The molecule has 7 unspecified atom stereocenters. The highest BCUT2D eigenvalue weighted by Crippen LogP contribution is 2.65. The zero-order chi connectivity index (χ0) is 26.2. The fraction of sp³-hybridized carbons (Fsp3) is 0.615. The Hall–Kier alpha value is -1.56. The van der Waals surface area contributed by atoms with Crippen LogP contribution in [0.5, 0.6) is 0 Å². The number of ether oxygens (including phenoxy) is 1. The smallest absolute Gasteiger partial charge is 0.387 e. The Bertz CT molecular complexity index is 1270. The number of aromatic amines is 1. The first kappa shape index (κ1) is 28.0. The molecule has 0 amide bonds. The summed E-state index contributed by atoms with van der Waals surface area (Å²) < 4.78 is 51.3. The summed E-state index contributed by atoms with van der Waals surface area (Å²) in [6.07, 6.45) is -5.11. The minimum absolute atomic E-state index is 0.0614. The van der Waals surface area contributed by atoms with Gasteiger partial charge in [-0.1, -0.05) is 0 Å². The second kappa shape index (κ2) is 10.4. The Kier molecular flexibility index (Phi) is 8.35. The van der Waals surface area contributed by atoms with E-state index in [1.165, 1.54) is 0 Å². The van der Waals surface area contributed by atoms with Crippen LogP contribution in [0.4, 0.5) is 5.95 Å². The molecule has 1 aliphatic heterocycles. The third-order valence-corrected chi connectivity index (χ3v) is 10.6. The molecule has 35 heavy (non-hydrogen) atoms. The number of hydrogen-bond acceptors (Lipinski definition) is 13. The third kappa shape index (κ3) is 6.81. The number of H-pyrrole nitrogens is 1. The summed E-state index contributed by atoms with van der Waals surface area (Å²) in [4.78, 5) is 51.0. The second-order valence-electron chi connectivity index (χ2n) is 7.34. The van der Waals surface area contributed by atoms with Gasteiger partial charge in [0.1, 0.15) is 24.2 Å². The van der Waals surface area contributed by atoms with Crippen LogP contribution in [-0.4, -0.2) is 88.3 Å². The molecule has 3 heterocycles. The van der Waals surface area contributed by atoms with Crippen LogP contribution >= 0.6 is 22.9 Å². The number of phosphoric acid groups is 1. The lowest BCUT2D eigenvalue weighted by atomic mass is 10.1. The molecule has 0 saturated carbocycles. The molecule has 19 nitrogen and oxygen atoms in total. The van der Waals surface area contributed by atoms with Gasteiger partial charge in [0.2, 0.25) is 5.95 Å². The van der Waals surface area contributed by atoms with E-state index in [1.807, 2.05) is 5.09 Å². The number of rotatable bonds is 11. The van der Waals surface area contributed by atoms with Gasteiger partial charge < -0.3 is 41.1 Å². The minimum Gasteiger partial charge on any atom is -0.387 e. The van der Waals surface area contributed by atoms with Gasteiger partial charge in [-0.05, 0) is 0 Å². The number of anilines is 1. The highest BCUT2D eigenvalue weighted by atomic mass is 31.3. The van der Waals surface area contributed by atoms with E-state index >= 15 is 0 Å². The summed E-state index contributed by atoms with van der Waals surface area (Å²) in [5, 5.41) is 22.6. The highest BCUT2D eigenvalue weighted by molar-refractivity contribution is 7.75. The molecule has 0 radical (unpaired) electrons. The standard InChI is InChI=1S/C13H24N7O12P3/c14-1-2-17-33(24,25)5-34(26,27)32-35(28,29)30-3-6-8(21)9(22)12(31-6)20-4-16-7-10(20)18-13(15)19-11(7)23/h4,6,8-9,12,21-22H,1-3,5,14H2,(H,26,27)(H,28,29)(H2,17,24,25)(H3,15,18,19,23). The first-order chi connectivity index (χ1) is 16.1. The van der Waals surface area contributed by atoms with E-state index in [0.717, 1.165) is 10.9 Å². The van der Waals surface area contributed by atoms with Crippen LogP contribution in [0.15, 0.2) is 11.1 Å². The zero-order valence-electron chi connectivity index (χ0n) is 17.6. The Morgan fingerprint density at radius 2 is 1.91 bits per heavy atom. The van der Waals surface area contributed by atoms with Crippen molar-refractivity contribution in [1.29, 1.82) is 0 Å². The van der Waals surface area contributed by atoms with Gasteiger partial charge in [-0.25, -0.2) is 18.9 Å². The molecule has 1 aliphatic rings. The number of hydrogen-bond donors (Lipinski definition) is 9. The van der Waals surface area contributed by atoms with Crippen LogP contribution in [0.3, 0.4) is 0 Å². The molecule has 22 heteroatoms. The van der Waals surface area contributed by atoms with Gasteiger partial charge in [0.25, 0.3) is 13.1 Å². The van der Waals surface area contributed by atoms with Gasteiger partial charge in [-0.2, -0.15) is 4.98 Å². The maximum absolute atomic E-state index is 12.1. The van der Waals surface area contributed by atoms with Crippen LogP contribution in [0, 0.1) is 0 Å². The van der Waals surface area contributed by atoms with Crippen LogP contribution in [0.2, 0.25) is 0 Å². The Labute approximate surface area is 195 Å². The number of aliphatic hydroxyl groups excluding tert-OH is 2. The number of nitrogens with two attached hydrogens (primary N) is 2. The fourth-order valence-corrected chi connectivity index (χ4v) is 8.44. The summed E-state index contributed by atoms with van der Waals surface area (Å²) in [6.45, 7) is -1.16. The van der Waals surface area contributed by atoms with Gasteiger partial charge >= 0.3 is 15.4 Å². The number of nitrogens with one attached hydrogen (secondary N) is 2. The van der Waals surface area contributed by atoms with Crippen molar-refractivity contribution in [2.45, 2.75) is 24.5 Å². The van der Waals surface area contributed by atoms with Crippen LogP contribution in [-0.2, 0) is 27.3 Å². The van der Waals surface area contributed by atoms with Crippen molar-refractivity contribution < 1.29 is 52.2 Å². The van der Waals surface area contributed by atoms with E-state index in [1.54, 1.807) is 0 Å². The van der Waals surface area contributed by atoms with Crippen molar-refractivity contribution in [2.24, 2.45) is 5.73 Å². The van der Waals surface area contributed by atoms with E-state index < -0.39 is 65.5 Å². The van der Waals surface area contributed by atoms with Gasteiger partial charge in [0.05, 0.1) is 12.9 Å². The number of imidazole rings is 1. The molecule has 11 N–H and O–H groups in total. The number of fused-ring (bicyclic) bond motifs is 1. The predicted molar refractivity (Wildman–Crippen MR) is 117 cm³/mol. The summed E-state index contributed by atoms with van der Waals surface area (Å²) in [5.74, 6) is -1.67. The van der Waals surface area contributed by atoms with E-state index in [4.69, 9.17) is 16.2 Å². The summed E-state index contributed by atoms with van der Waals surface area (Å²) in [6, 6.07) is 0. The predicted octanol–water partition coefficient (Wildman–Crippen LogP) is -2.67. The molecule has 0 aliphatic carbocycles. The Morgan fingerprint density at radius 3 is 2.57 bits per heavy atom. The highest BCUT2D eigenvalue weighted by Gasteiger charge is 2.46. The number of phosphoric ester groups is 1. The molecular weight excluding hydrogens is 539 g/mol. The van der Waals surface area contributed by atoms with Gasteiger partial charge in [0, 0.05) is 13.1 Å². The number of nitrogens with zero attached hydrogens (tertiary/aromatic N) is 3. The minimum atomic E-state index is -5.32. The lowest BCUT2D eigenvalue weighted by Crippen LogP contribution is -2.33. The maximum atomic E-state index is 12.1. The Balaban J connectivity index is 1.67. The number of nitrogen functional groups attached to an aromatic ring is 1. The van der Waals surface area contributed by atoms with E-state index in [-0.39, 0.29) is 30.2 Å². The number of aliphatic hydroxyl groups is 2. The first-order valence-corrected chi connectivity index (χ1v) is 14.8. The molecule has 0 bridgehead atoms. The third-order valence-electron chi connectivity index (χ3n) is 4.57. The topological polar surface area (TPSA) is 308 Å². The quantitative estimate of drug-likeness (QED) is 0.126. The van der Waals surface area contributed by atoms with E-state index in [9.17, 15) is 43.4 Å². The van der Waals surface area contributed by atoms with Gasteiger partial charge in [-0.3, -0.25) is 28.0 Å². The second-order valence-corrected chi connectivity index (χ2v) is 13.3. The average molecular weight is 563 g/mol. The van der Waals surface area contributed by atoms with Crippen molar-refractivity contribution in [3.63, 3.8) is 0 Å². The van der Waals surface area contributed by atoms with E-state index in [2.05, 4.69) is 23.8 Å². The molecule has 3 rings (SSSR count). The summed E-state index contributed by atoms with van der Waals surface area (Å²) >= 11 is 0. The largest absolute Gasteiger partial charge is 0.479 e. The first-order valence-electron chi connectivity index (χ1n) is 9.66. The molecular formula is C13H24N7O12P3. The van der Waals surface area contributed by atoms with Crippen molar-refractivity contribution in [3.05, 3.63) is 16.7 Å². The molecule has 1 fully saturated rings. The van der Waals surface area contributed by atoms with Crippen LogP contribution in [0.25, 0.3) is 11.2 Å². The molecule has 1 saturated heterocycles. The number of aromatic nitrogens is 4.